The predicted octanol–water partition coefficient (Wildman–Crippen LogP) is 11.4. The third-order valence-electron chi connectivity index (χ3n) is 10.2. The van der Waals surface area contributed by atoms with Crippen molar-refractivity contribution in [2.45, 2.75) is 12.5 Å². The predicted molar refractivity (Wildman–Crippen MR) is 211 cm³/mol. The van der Waals surface area contributed by atoms with E-state index < -0.39 is 5.54 Å². The number of halogens is 1. The van der Waals surface area contributed by atoms with Crippen molar-refractivity contribution in [1.82, 2.24) is 14.5 Å². The molecule has 3 heterocycles. The van der Waals surface area contributed by atoms with Crippen LogP contribution in [-0.4, -0.2) is 20.4 Å². The number of hydrogen-bond acceptors (Lipinski definition) is 2. The van der Waals surface area contributed by atoms with Gasteiger partial charge in [-0.2, -0.15) is 0 Å². The Morgan fingerprint density at radius 3 is 1.86 bits per heavy atom. The van der Waals surface area contributed by atoms with Crippen LogP contribution in [-0.2, 0) is 0 Å². The molecule has 0 saturated carbocycles. The van der Waals surface area contributed by atoms with Crippen LogP contribution < -0.4 is 5.32 Å². The van der Waals surface area contributed by atoms with Gasteiger partial charge in [-0.25, -0.2) is 4.99 Å². The highest BCUT2D eigenvalue weighted by atomic mass is 35.5. The van der Waals surface area contributed by atoms with E-state index in [9.17, 15) is 0 Å². The van der Waals surface area contributed by atoms with Crippen molar-refractivity contribution in [3.8, 4) is 16.8 Å². The first-order valence-electron chi connectivity index (χ1n) is 16.9. The minimum atomic E-state index is -0.486. The van der Waals surface area contributed by atoms with Crippen LogP contribution in [0.4, 0.5) is 0 Å². The van der Waals surface area contributed by atoms with Gasteiger partial charge in [-0.3, -0.25) is 4.57 Å². The Labute approximate surface area is 294 Å². The highest BCUT2D eigenvalue weighted by Gasteiger charge is 2.35. The number of nitrogens with one attached hydrogen (secondary N) is 1. The standard InChI is InChI=1S/C45H31ClN4/c1-45-26-12-11-21-42(45)47-43(36-17-5-8-18-37(36)46)44(48-45)50-39-20-10-7-16-33(39)35-25-23-30(28-41(35)50)29-22-24-34-32-15-6-9-19-38(32)49(40(34)27-29)31-13-3-2-4-14-31/h2-28,48H,1H3. The number of rotatable bonds is 4. The van der Waals surface area contributed by atoms with Gasteiger partial charge in [0.05, 0.1) is 38.3 Å². The van der Waals surface area contributed by atoms with Crippen LogP contribution in [0.25, 0.3) is 71.9 Å². The maximum Gasteiger partial charge on any atom is 0.139 e. The molecule has 1 aliphatic heterocycles. The number of para-hydroxylation sites is 3. The Bertz CT molecular complexity index is 2810. The summed E-state index contributed by atoms with van der Waals surface area (Å²) in [6.45, 7) is 2.18. The second-order valence-electron chi connectivity index (χ2n) is 13.2. The molecule has 50 heavy (non-hydrogen) atoms. The fourth-order valence-electron chi connectivity index (χ4n) is 7.79. The lowest BCUT2D eigenvalue weighted by Crippen LogP contribution is -2.50. The number of allylic oxidation sites excluding steroid dienone is 2. The van der Waals surface area contributed by atoms with Crippen molar-refractivity contribution in [3.63, 3.8) is 0 Å². The van der Waals surface area contributed by atoms with Gasteiger partial charge in [0.2, 0.25) is 0 Å². The number of hydrogen-bond donors (Lipinski definition) is 1. The summed E-state index contributed by atoms with van der Waals surface area (Å²) in [7, 11) is 0. The van der Waals surface area contributed by atoms with Gasteiger partial charge in [-0.1, -0.05) is 127 Å². The van der Waals surface area contributed by atoms with E-state index in [1.165, 1.54) is 32.6 Å². The van der Waals surface area contributed by atoms with Crippen molar-refractivity contribution >= 4 is 72.4 Å². The number of aromatic nitrogens is 2. The zero-order chi connectivity index (χ0) is 33.4. The summed E-state index contributed by atoms with van der Waals surface area (Å²) < 4.78 is 4.71. The van der Waals surface area contributed by atoms with Crippen LogP contribution in [0.3, 0.4) is 0 Å². The number of aliphatic imine (C=N–C) groups is 1. The first-order chi connectivity index (χ1) is 24.6. The Morgan fingerprint density at radius 2 is 1.16 bits per heavy atom. The molecule has 6 aromatic carbocycles. The van der Waals surface area contributed by atoms with Crippen LogP contribution in [0.15, 0.2) is 169 Å². The maximum absolute atomic E-state index is 6.90. The fourth-order valence-corrected chi connectivity index (χ4v) is 8.02. The highest BCUT2D eigenvalue weighted by molar-refractivity contribution is 6.33. The van der Waals surface area contributed by atoms with Crippen LogP contribution in [0.1, 0.15) is 12.5 Å². The third kappa shape index (κ3) is 4.28. The largest absolute Gasteiger partial charge is 0.355 e. The molecule has 10 rings (SSSR count). The lowest BCUT2D eigenvalue weighted by atomic mass is 9.89. The number of nitrogens with zero attached hydrogens (tertiary/aromatic N) is 3. The lowest BCUT2D eigenvalue weighted by molar-refractivity contribution is 0.646. The Morgan fingerprint density at radius 1 is 0.580 bits per heavy atom. The second-order valence-corrected chi connectivity index (χ2v) is 13.6. The molecule has 4 nitrogen and oxygen atoms in total. The van der Waals surface area contributed by atoms with Crippen molar-refractivity contribution < 1.29 is 0 Å². The molecule has 8 aromatic rings. The minimum absolute atomic E-state index is 0.486. The van der Waals surface area contributed by atoms with Crippen molar-refractivity contribution in [3.05, 3.63) is 174 Å². The molecule has 0 spiro atoms. The molecule has 238 valence electrons. The average Bonchev–Trinajstić information content (AvgIpc) is 3.67. The van der Waals surface area contributed by atoms with Gasteiger partial charge >= 0.3 is 0 Å². The molecule has 5 heteroatoms. The highest BCUT2D eigenvalue weighted by Crippen LogP contribution is 2.41. The summed E-state index contributed by atoms with van der Waals surface area (Å²) in [5, 5.41) is 9.43. The molecule has 1 aliphatic carbocycles. The molecular weight excluding hydrogens is 632 g/mol. The molecule has 0 fully saturated rings. The zero-order valence-corrected chi connectivity index (χ0v) is 28.1. The number of benzene rings is 6. The molecule has 2 aromatic heterocycles. The quantitative estimate of drug-likeness (QED) is 0.200. The summed E-state index contributed by atoms with van der Waals surface area (Å²) in [5.41, 5.74) is 10.2. The van der Waals surface area contributed by atoms with Crippen LogP contribution in [0, 0.1) is 0 Å². The molecule has 1 N–H and O–H groups in total. The van der Waals surface area contributed by atoms with E-state index in [0.717, 1.165) is 50.6 Å². The average molecular weight is 663 g/mol. The monoisotopic (exact) mass is 662 g/mol. The Balaban J connectivity index is 1.25. The first-order valence-corrected chi connectivity index (χ1v) is 17.3. The zero-order valence-electron chi connectivity index (χ0n) is 27.3. The molecule has 0 saturated heterocycles. The number of fused-ring (bicyclic) bond motifs is 7. The second kappa shape index (κ2) is 11.0. The van der Waals surface area contributed by atoms with E-state index in [0.29, 0.717) is 5.02 Å². The van der Waals surface area contributed by atoms with E-state index in [1.807, 2.05) is 24.3 Å². The molecule has 0 radical (unpaired) electrons. The molecule has 0 bridgehead atoms. The van der Waals surface area contributed by atoms with Gasteiger partial charge in [-0.15, -0.1) is 0 Å². The summed E-state index contributed by atoms with van der Waals surface area (Å²) in [6.07, 6.45) is 8.38. The van der Waals surface area contributed by atoms with E-state index in [1.54, 1.807) is 0 Å². The van der Waals surface area contributed by atoms with Crippen molar-refractivity contribution in [2.75, 3.05) is 0 Å². The molecule has 1 atom stereocenters. The van der Waals surface area contributed by atoms with Gasteiger partial charge in [0.15, 0.2) is 0 Å². The van der Waals surface area contributed by atoms with E-state index in [-0.39, 0.29) is 0 Å². The topological polar surface area (TPSA) is 34.2 Å². The normalized spacial score (nSPS) is 17.1. The van der Waals surface area contributed by atoms with Crippen molar-refractivity contribution in [1.29, 1.82) is 0 Å². The molecule has 1 unspecified atom stereocenters. The summed E-state index contributed by atoms with van der Waals surface area (Å²) >= 11 is 6.90. The van der Waals surface area contributed by atoms with Crippen molar-refractivity contribution in [2.24, 2.45) is 4.99 Å². The van der Waals surface area contributed by atoms with E-state index in [2.05, 4.69) is 161 Å². The van der Waals surface area contributed by atoms with Crippen LogP contribution in [0.5, 0.6) is 0 Å². The van der Waals surface area contributed by atoms with Gasteiger partial charge in [-0.05, 0) is 66.6 Å². The maximum atomic E-state index is 6.90. The summed E-state index contributed by atoms with van der Waals surface area (Å²) in [4.78, 5) is 5.32. The van der Waals surface area contributed by atoms with Gasteiger partial charge in [0.25, 0.3) is 0 Å². The SMILES string of the molecule is CC12C=CC=CC1=NC(c1ccccc1Cl)=C(n1c3ccccc3c3ccc(-c4ccc5c6ccccc6n(-c6ccccc6)c5c4)cc31)N2. The summed E-state index contributed by atoms with van der Waals surface area (Å²) in [5.74, 6) is 0.896. The third-order valence-corrected chi connectivity index (χ3v) is 10.5. The van der Waals surface area contributed by atoms with Crippen LogP contribution in [0.2, 0.25) is 5.02 Å². The molecule has 2 aliphatic rings. The smallest absolute Gasteiger partial charge is 0.139 e. The minimum Gasteiger partial charge on any atom is -0.355 e. The van der Waals surface area contributed by atoms with Gasteiger partial charge in [0, 0.05) is 32.8 Å². The Kier molecular flexibility index (Phi) is 6.33. The Hall–Kier alpha value is -6.10. The van der Waals surface area contributed by atoms with Gasteiger partial charge in [0.1, 0.15) is 11.5 Å². The van der Waals surface area contributed by atoms with E-state index >= 15 is 0 Å². The fraction of sp³-hybridized carbons (Fsp3) is 0.0444. The van der Waals surface area contributed by atoms with Gasteiger partial charge < -0.3 is 9.88 Å². The summed E-state index contributed by atoms with van der Waals surface area (Å²) in [6, 6.07) is 49.6. The van der Waals surface area contributed by atoms with E-state index in [4.69, 9.17) is 16.6 Å². The molecule has 0 amide bonds. The first kappa shape index (κ1) is 28.9. The lowest BCUT2D eigenvalue weighted by Gasteiger charge is -2.37. The molecular formula is C45H31ClN4. The van der Waals surface area contributed by atoms with Crippen LogP contribution >= 0.6 is 11.6 Å².